The first kappa shape index (κ1) is 14.8. The monoisotopic (exact) mass is 265 g/mol. The first-order valence-corrected chi connectivity index (χ1v) is 6.04. The summed E-state index contributed by atoms with van der Waals surface area (Å²) >= 11 is 0. The van der Waals surface area contributed by atoms with Gasteiger partial charge in [-0.3, -0.25) is 4.79 Å². The molecule has 1 rings (SSSR count). The normalized spacial score (nSPS) is 11.7. The molecule has 0 bridgehead atoms. The Morgan fingerprint density at radius 2 is 2.05 bits per heavy atom. The molecular weight excluding hydrogens is 246 g/mol. The summed E-state index contributed by atoms with van der Waals surface area (Å²) in [6.45, 7) is 5.81. The third kappa shape index (κ3) is 3.61. The Labute approximate surface area is 112 Å². The molecule has 0 aliphatic rings. The number of carbonyl (C=O) groups is 2. The van der Waals surface area contributed by atoms with E-state index in [0.717, 1.165) is 0 Å². The summed E-state index contributed by atoms with van der Waals surface area (Å²) in [5.41, 5.74) is 7.19. The highest BCUT2D eigenvalue weighted by Gasteiger charge is 2.15. The fourth-order valence-electron chi connectivity index (χ4n) is 1.70. The van der Waals surface area contributed by atoms with Gasteiger partial charge in [-0.05, 0) is 38.5 Å². The summed E-state index contributed by atoms with van der Waals surface area (Å²) in [5, 5.41) is 14.7. The fourth-order valence-corrected chi connectivity index (χ4v) is 1.70. The Morgan fingerprint density at radius 1 is 1.42 bits per heavy atom. The highest BCUT2D eigenvalue weighted by Crippen LogP contribution is 2.23. The van der Waals surface area contributed by atoms with E-state index in [-0.39, 0.29) is 17.2 Å². The minimum atomic E-state index is -1.09. The van der Waals surface area contributed by atoms with Crippen molar-refractivity contribution in [3.8, 4) is 0 Å². The van der Waals surface area contributed by atoms with Gasteiger partial charge in [0.25, 0.3) is 0 Å². The maximum absolute atomic E-state index is 11.6. The van der Waals surface area contributed by atoms with Crippen molar-refractivity contribution >= 4 is 23.3 Å². The second kappa shape index (κ2) is 6.08. The lowest BCUT2D eigenvalue weighted by molar-refractivity contribution is -0.121. The van der Waals surface area contributed by atoms with Gasteiger partial charge in [0.2, 0.25) is 5.91 Å². The lowest BCUT2D eigenvalue weighted by Crippen LogP contribution is -2.37. The summed E-state index contributed by atoms with van der Waals surface area (Å²) in [5.74, 6) is -1.23. The molecule has 0 fully saturated rings. The molecule has 0 saturated carbocycles. The Morgan fingerprint density at radius 3 is 2.58 bits per heavy atom. The molecule has 1 aromatic rings. The minimum absolute atomic E-state index is 0.0330. The number of amides is 1. The standard InChI is InChI=1S/C13H19N3O3/c1-4-15-12(17)8(3)16-9-5-7(2)11(14)10(6-9)13(18)19/h5-6,8,16H,4,14H2,1-3H3,(H,15,17)(H,18,19). The van der Waals surface area contributed by atoms with E-state index in [1.807, 2.05) is 6.92 Å². The number of hydrogen-bond donors (Lipinski definition) is 4. The number of aromatic carboxylic acids is 1. The van der Waals surface area contributed by atoms with Crippen molar-refractivity contribution in [1.82, 2.24) is 5.32 Å². The number of nitrogens with one attached hydrogen (secondary N) is 2. The van der Waals surface area contributed by atoms with Gasteiger partial charge in [0.15, 0.2) is 0 Å². The number of hydrogen-bond acceptors (Lipinski definition) is 4. The highest BCUT2D eigenvalue weighted by molar-refractivity contribution is 5.96. The van der Waals surface area contributed by atoms with Crippen molar-refractivity contribution in [3.63, 3.8) is 0 Å². The van der Waals surface area contributed by atoms with Gasteiger partial charge in [0.05, 0.1) is 5.56 Å². The molecule has 1 amide bonds. The zero-order valence-corrected chi connectivity index (χ0v) is 11.3. The molecule has 0 aliphatic carbocycles. The summed E-state index contributed by atoms with van der Waals surface area (Å²) < 4.78 is 0. The van der Waals surface area contributed by atoms with Gasteiger partial charge in [0.1, 0.15) is 6.04 Å². The lowest BCUT2D eigenvalue weighted by Gasteiger charge is -2.16. The molecule has 0 saturated heterocycles. The molecule has 1 unspecified atom stereocenters. The number of rotatable bonds is 5. The van der Waals surface area contributed by atoms with Crippen LogP contribution in [0.25, 0.3) is 0 Å². The molecule has 0 aromatic heterocycles. The first-order chi connectivity index (χ1) is 8.86. The maximum atomic E-state index is 11.6. The van der Waals surface area contributed by atoms with E-state index >= 15 is 0 Å². The number of aryl methyl sites for hydroxylation is 1. The number of carboxylic acid groups (broad SMARTS) is 1. The van der Waals surface area contributed by atoms with Crippen molar-refractivity contribution < 1.29 is 14.7 Å². The Bertz CT molecular complexity index is 500. The summed E-state index contributed by atoms with van der Waals surface area (Å²) in [7, 11) is 0. The van der Waals surface area contributed by atoms with Gasteiger partial charge >= 0.3 is 5.97 Å². The van der Waals surface area contributed by atoms with E-state index in [9.17, 15) is 9.59 Å². The van der Waals surface area contributed by atoms with E-state index < -0.39 is 12.0 Å². The number of nitrogens with two attached hydrogens (primary N) is 1. The molecule has 0 heterocycles. The number of nitrogen functional groups attached to an aromatic ring is 1. The van der Waals surface area contributed by atoms with Crippen LogP contribution in [0.2, 0.25) is 0 Å². The molecule has 0 spiro atoms. The number of likely N-dealkylation sites (N-methyl/N-ethyl adjacent to an activating group) is 1. The zero-order valence-electron chi connectivity index (χ0n) is 11.3. The third-order valence-corrected chi connectivity index (χ3v) is 2.74. The van der Waals surface area contributed by atoms with Crippen LogP contribution in [0.3, 0.4) is 0 Å². The Balaban J connectivity index is 2.96. The second-order valence-electron chi connectivity index (χ2n) is 4.32. The van der Waals surface area contributed by atoms with Crippen molar-refractivity contribution in [2.75, 3.05) is 17.6 Å². The maximum Gasteiger partial charge on any atom is 0.337 e. The number of anilines is 2. The molecule has 104 valence electrons. The molecule has 19 heavy (non-hydrogen) atoms. The molecule has 1 aromatic carbocycles. The van der Waals surface area contributed by atoms with Gasteiger partial charge in [-0.25, -0.2) is 4.79 Å². The number of benzene rings is 1. The fraction of sp³-hybridized carbons (Fsp3) is 0.385. The topological polar surface area (TPSA) is 104 Å². The van der Waals surface area contributed by atoms with E-state index in [0.29, 0.717) is 17.8 Å². The Hall–Kier alpha value is -2.24. The predicted molar refractivity (Wildman–Crippen MR) is 74.3 cm³/mol. The van der Waals surface area contributed by atoms with Crippen LogP contribution in [0, 0.1) is 6.92 Å². The average molecular weight is 265 g/mol. The smallest absolute Gasteiger partial charge is 0.337 e. The quantitative estimate of drug-likeness (QED) is 0.599. The third-order valence-electron chi connectivity index (χ3n) is 2.74. The SMILES string of the molecule is CCNC(=O)C(C)Nc1cc(C)c(N)c(C(=O)O)c1. The van der Waals surface area contributed by atoms with Crippen LogP contribution in [-0.4, -0.2) is 29.6 Å². The molecule has 5 N–H and O–H groups in total. The van der Waals surface area contributed by atoms with Crippen molar-refractivity contribution in [2.45, 2.75) is 26.8 Å². The van der Waals surface area contributed by atoms with Crippen LogP contribution in [0.4, 0.5) is 11.4 Å². The van der Waals surface area contributed by atoms with Crippen LogP contribution in [0.15, 0.2) is 12.1 Å². The second-order valence-corrected chi connectivity index (χ2v) is 4.32. The van der Waals surface area contributed by atoms with Crippen LogP contribution >= 0.6 is 0 Å². The van der Waals surface area contributed by atoms with E-state index in [1.54, 1.807) is 19.9 Å². The van der Waals surface area contributed by atoms with Gasteiger partial charge in [-0.1, -0.05) is 0 Å². The average Bonchev–Trinajstić information content (AvgIpc) is 2.33. The summed E-state index contributed by atoms with van der Waals surface area (Å²) in [4.78, 5) is 22.7. The van der Waals surface area contributed by atoms with Gasteiger partial charge in [-0.2, -0.15) is 0 Å². The molecular formula is C13H19N3O3. The van der Waals surface area contributed by atoms with E-state index in [1.165, 1.54) is 6.07 Å². The molecule has 6 heteroatoms. The summed E-state index contributed by atoms with van der Waals surface area (Å²) in [6.07, 6.45) is 0. The van der Waals surface area contributed by atoms with Gasteiger partial charge < -0.3 is 21.5 Å². The van der Waals surface area contributed by atoms with Gasteiger partial charge in [0, 0.05) is 17.9 Å². The van der Waals surface area contributed by atoms with E-state index in [2.05, 4.69) is 10.6 Å². The lowest BCUT2D eigenvalue weighted by atomic mass is 10.1. The van der Waals surface area contributed by atoms with Crippen LogP contribution in [0.5, 0.6) is 0 Å². The van der Waals surface area contributed by atoms with Crippen molar-refractivity contribution in [1.29, 1.82) is 0 Å². The molecule has 0 aliphatic heterocycles. The van der Waals surface area contributed by atoms with Gasteiger partial charge in [-0.15, -0.1) is 0 Å². The Kier molecular flexibility index (Phi) is 4.74. The van der Waals surface area contributed by atoms with Crippen molar-refractivity contribution in [2.24, 2.45) is 0 Å². The van der Waals surface area contributed by atoms with Crippen LogP contribution in [-0.2, 0) is 4.79 Å². The molecule has 1 atom stereocenters. The first-order valence-electron chi connectivity index (χ1n) is 6.04. The molecule has 0 radical (unpaired) electrons. The zero-order chi connectivity index (χ0) is 14.6. The van der Waals surface area contributed by atoms with E-state index in [4.69, 9.17) is 10.8 Å². The summed E-state index contributed by atoms with van der Waals surface area (Å²) in [6, 6.07) is 2.70. The van der Waals surface area contributed by atoms with Crippen LogP contribution in [0.1, 0.15) is 29.8 Å². The predicted octanol–water partition coefficient (Wildman–Crippen LogP) is 1.21. The highest BCUT2D eigenvalue weighted by atomic mass is 16.4. The number of carboxylic acids is 1. The molecule has 6 nitrogen and oxygen atoms in total. The van der Waals surface area contributed by atoms with Crippen molar-refractivity contribution in [3.05, 3.63) is 23.3 Å². The van der Waals surface area contributed by atoms with Crippen LogP contribution < -0.4 is 16.4 Å². The number of carbonyl (C=O) groups excluding carboxylic acids is 1. The minimum Gasteiger partial charge on any atom is -0.478 e. The largest absolute Gasteiger partial charge is 0.478 e.